The van der Waals surface area contributed by atoms with Crippen molar-refractivity contribution in [2.75, 3.05) is 25.0 Å². The second-order valence-electron chi connectivity index (χ2n) is 7.70. The van der Waals surface area contributed by atoms with Crippen molar-refractivity contribution < 1.29 is 9.90 Å². The topological polar surface area (TPSA) is 70.4 Å². The quantitative estimate of drug-likeness (QED) is 0.846. The molecular weight excluding hydrogens is 292 g/mol. The molecule has 1 aromatic heterocycles. The zero-order valence-electron chi connectivity index (χ0n) is 14.8. The molecule has 1 saturated carbocycles. The highest BCUT2D eigenvalue weighted by Gasteiger charge is 2.25. The lowest BCUT2D eigenvalue weighted by atomic mass is 9.83. The first kappa shape index (κ1) is 17.8. The van der Waals surface area contributed by atoms with Gasteiger partial charge in [0.1, 0.15) is 5.82 Å². The van der Waals surface area contributed by atoms with Gasteiger partial charge in [0.05, 0.1) is 5.69 Å². The lowest BCUT2D eigenvalue weighted by molar-refractivity contribution is 0.175. The molecule has 0 atom stereocenters. The normalized spacial score (nSPS) is 15.3. The van der Waals surface area contributed by atoms with Crippen LogP contribution in [0.1, 0.15) is 58.1 Å². The molecule has 0 spiro atoms. The molecule has 2 rings (SSSR count). The Balaban J connectivity index is 2.03. The molecule has 2 amide bonds. The van der Waals surface area contributed by atoms with E-state index in [0.717, 1.165) is 11.5 Å². The standard InChI is InChI=1S/C17H30N4O2/c1-17(2,3)12-21(9-6-10-22)16(23)18-15-11-14(19-20(15)4)13-7-5-8-13/h11,13,22H,5-10,12H2,1-4H3,(H,18,23). The van der Waals surface area contributed by atoms with E-state index >= 15 is 0 Å². The Morgan fingerprint density at radius 3 is 2.70 bits per heavy atom. The number of carbonyl (C=O) groups is 1. The molecule has 1 aliphatic carbocycles. The van der Waals surface area contributed by atoms with Gasteiger partial charge in [0, 0.05) is 38.7 Å². The third-order valence-electron chi connectivity index (χ3n) is 4.20. The summed E-state index contributed by atoms with van der Waals surface area (Å²) >= 11 is 0. The van der Waals surface area contributed by atoms with Gasteiger partial charge in [-0.05, 0) is 24.7 Å². The van der Waals surface area contributed by atoms with Crippen LogP contribution in [0, 0.1) is 5.41 Å². The van der Waals surface area contributed by atoms with Crippen LogP contribution in [0.3, 0.4) is 0 Å². The maximum Gasteiger partial charge on any atom is 0.323 e. The van der Waals surface area contributed by atoms with Gasteiger partial charge in [0.15, 0.2) is 0 Å². The number of rotatable bonds is 6. The molecule has 6 nitrogen and oxygen atoms in total. The van der Waals surface area contributed by atoms with Gasteiger partial charge in [-0.3, -0.25) is 10.00 Å². The van der Waals surface area contributed by atoms with E-state index in [-0.39, 0.29) is 18.1 Å². The van der Waals surface area contributed by atoms with Gasteiger partial charge in [0.25, 0.3) is 0 Å². The van der Waals surface area contributed by atoms with E-state index in [4.69, 9.17) is 5.11 Å². The lowest BCUT2D eigenvalue weighted by Gasteiger charge is -2.30. The van der Waals surface area contributed by atoms with Crippen molar-refractivity contribution in [2.45, 2.75) is 52.4 Å². The molecule has 2 N–H and O–H groups in total. The number of aliphatic hydroxyl groups excluding tert-OH is 1. The molecule has 1 heterocycles. The van der Waals surface area contributed by atoms with Gasteiger partial charge in [-0.2, -0.15) is 5.10 Å². The first-order valence-electron chi connectivity index (χ1n) is 8.51. The van der Waals surface area contributed by atoms with Crippen LogP contribution in [0.4, 0.5) is 10.6 Å². The SMILES string of the molecule is Cn1nc(C2CCC2)cc1NC(=O)N(CCCO)CC(C)(C)C. The molecule has 6 heteroatoms. The highest BCUT2D eigenvalue weighted by Crippen LogP contribution is 2.36. The fourth-order valence-corrected chi connectivity index (χ4v) is 2.79. The van der Waals surface area contributed by atoms with Crippen LogP contribution in [0.5, 0.6) is 0 Å². The van der Waals surface area contributed by atoms with Gasteiger partial charge < -0.3 is 10.0 Å². The number of anilines is 1. The number of aromatic nitrogens is 2. The van der Waals surface area contributed by atoms with E-state index in [1.807, 2.05) is 13.1 Å². The average Bonchev–Trinajstić information content (AvgIpc) is 2.72. The fraction of sp³-hybridized carbons (Fsp3) is 0.765. The minimum absolute atomic E-state index is 0.0103. The van der Waals surface area contributed by atoms with Gasteiger partial charge in [-0.1, -0.05) is 27.2 Å². The number of aryl methyl sites for hydroxylation is 1. The zero-order chi connectivity index (χ0) is 17.0. The number of carbonyl (C=O) groups excluding carboxylic acids is 1. The predicted octanol–water partition coefficient (Wildman–Crippen LogP) is 2.95. The molecule has 1 aromatic rings. The number of hydrogen-bond donors (Lipinski definition) is 2. The van der Waals surface area contributed by atoms with Crippen LogP contribution in [-0.4, -0.2) is 45.5 Å². The van der Waals surface area contributed by atoms with Crippen molar-refractivity contribution >= 4 is 11.8 Å². The minimum atomic E-state index is -0.128. The van der Waals surface area contributed by atoms with Crippen molar-refractivity contribution in [3.05, 3.63) is 11.8 Å². The number of amides is 2. The van der Waals surface area contributed by atoms with Crippen LogP contribution in [0.25, 0.3) is 0 Å². The van der Waals surface area contributed by atoms with Crippen LogP contribution < -0.4 is 5.32 Å². The Kier molecular flexibility index (Phi) is 5.68. The van der Waals surface area contributed by atoms with E-state index in [1.54, 1.807) is 9.58 Å². The van der Waals surface area contributed by atoms with Crippen molar-refractivity contribution in [1.29, 1.82) is 0 Å². The molecule has 0 unspecified atom stereocenters. The third-order valence-corrected chi connectivity index (χ3v) is 4.20. The predicted molar refractivity (Wildman–Crippen MR) is 91.5 cm³/mol. The first-order valence-corrected chi connectivity index (χ1v) is 8.51. The second-order valence-corrected chi connectivity index (χ2v) is 7.70. The Bertz CT molecular complexity index is 529. The highest BCUT2D eigenvalue weighted by atomic mass is 16.3. The molecule has 0 bridgehead atoms. The van der Waals surface area contributed by atoms with Crippen molar-refractivity contribution in [3.8, 4) is 0 Å². The van der Waals surface area contributed by atoms with E-state index < -0.39 is 0 Å². The zero-order valence-corrected chi connectivity index (χ0v) is 14.8. The molecule has 1 aliphatic rings. The van der Waals surface area contributed by atoms with Crippen LogP contribution >= 0.6 is 0 Å². The number of urea groups is 1. The fourth-order valence-electron chi connectivity index (χ4n) is 2.79. The summed E-state index contributed by atoms with van der Waals surface area (Å²) in [5, 5.41) is 16.6. The highest BCUT2D eigenvalue weighted by molar-refractivity contribution is 5.88. The summed E-state index contributed by atoms with van der Waals surface area (Å²) in [6, 6.07) is 1.86. The Hall–Kier alpha value is -1.56. The van der Waals surface area contributed by atoms with Crippen molar-refractivity contribution in [3.63, 3.8) is 0 Å². The minimum Gasteiger partial charge on any atom is -0.396 e. The van der Waals surface area contributed by atoms with Crippen molar-refractivity contribution in [1.82, 2.24) is 14.7 Å². The van der Waals surface area contributed by atoms with Gasteiger partial charge >= 0.3 is 6.03 Å². The molecule has 23 heavy (non-hydrogen) atoms. The van der Waals surface area contributed by atoms with Crippen LogP contribution in [0.15, 0.2) is 6.07 Å². The molecule has 0 aromatic carbocycles. The summed E-state index contributed by atoms with van der Waals surface area (Å²) in [7, 11) is 1.86. The Labute approximate surface area is 138 Å². The lowest BCUT2D eigenvalue weighted by Crippen LogP contribution is -2.41. The largest absolute Gasteiger partial charge is 0.396 e. The summed E-state index contributed by atoms with van der Waals surface area (Å²) in [5.74, 6) is 1.28. The van der Waals surface area contributed by atoms with Gasteiger partial charge in [-0.15, -0.1) is 0 Å². The molecular formula is C17H30N4O2. The van der Waals surface area contributed by atoms with Crippen LogP contribution in [0.2, 0.25) is 0 Å². The summed E-state index contributed by atoms with van der Waals surface area (Å²) in [6.45, 7) is 7.59. The van der Waals surface area contributed by atoms with E-state index in [0.29, 0.717) is 25.4 Å². The van der Waals surface area contributed by atoms with Crippen LogP contribution in [-0.2, 0) is 7.05 Å². The molecule has 130 valence electrons. The first-order chi connectivity index (χ1) is 10.8. The van der Waals surface area contributed by atoms with E-state index in [2.05, 4.69) is 31.2 Å². The monoisotopic (exact) mass is 322 g/mol. The molecule has 1 fully saturated rings. The summed E-state index contributed by atoms with van der Waals surface area (Å²) in [5.41, 5.74) is 1.09. The van der Waals surface area contributed by atoms with Gasteiger partial charge in [-0.25, -0.2) is 4.79 Å². The molecule has 0 radical (unpaired) electrons. The summed E-state index contributed by atoms with van der Waals surface area (Å²) < 4.78 is 1.74. The molecule has 0 saturated heterocycles. The number of nitrogens with one attached hydrogen (secondary N) is 1. The number of aliphatic hydroxyl groups is 1. The smallest absolute Gasteiger partial charge is 0.323 e. The maximum absolute atomic E-state index is 12.6. The summed E-state index contributed by atoms with van der Waals surface area (Å²) in [6.07, 6.45) is 4.24. The molecule has 0 aliphatic heterocycles. The van der Waals surface area contributed by atoms with Crippen molar-refractivity contribution in [2.24, 2.45) is 12.5 Å². The Morgan fingerprint density at radius 1 is 1.48 bits per heavy atom. The maximum atomic E-state index is 12.6. The number of nitrogens with zero attached hydrogens (tertiary/aromatic N) is 3. The van der Waals surface area contributed by atoms with Gasteiger partial charge in [0.2, 0.25) is 0 Å². The average molecular weight is 322 g/mol. The number of hydrogen-bond acceptors (Lipinski definition) is 3. The summed E-state index contributed by atoms with van der Waals surface area (Å²) in [4.78, 5) is 14.4. The second kappa shape index (κ2) is 7.34. The van der Waals surface area contributed by atoms with E-state index in [1.165, 1.54) is 19.3 Å². The third kappa shape index (κ3) is 4.96. The Morgan fingerprint density at radius 2 is 2.17 bits per heavy atom. The van der Waals surface area contributed by atoms with E-state index in [9.17, 15) is 4.79 Å².